The standard InChI is InChI=1S/C19H28F3N3O3/c1-13-10-16(27-3)17(28-4)11-15(13)14(2)23-18(26)25-7-5-6-24(8-9-25)12-19(20,21)22/h10-11,14H,5-9,12H2,1-4H3,(H,23,26). The number of amides is 2. The summed E-state index contributed by atoms with van der Waals surface area (Å²) >= 11 is 0. The van der Waals surface area contributed by atoms with Crippen LogP contribution in [0.5, 0.6) is 11.5 Å². The largest absolute Gasteiger partial charge is 0.493 e. The van der Waals surface area contributed by atoms with Crippen molar-refractivity contribution in [2.75, 3.05) is 46.9 Å². The lowest BCUT2D eigenvalue weighted by atomic mass is 10.0. The minimum Gasteiger partial charge on any atom is -0.493 e. The molecule has 0 radical (unpaired) electrons. The molecule has 1 fully saturated rings. The summed E-state index contributed by atoms with van der Waals surface area (Å²) in [5, 5.41) is 2.94. The van der Waals surface area contributed by atoms with Crippen LogP contribution in [0.3, 0.4) is 0 Å². The Morgan fingerprint density at radius 2 is 1.79 bits per heavy atom. The van der Waals surface area contributed by atoms with E-state index in [-0.39, 0.29) is 25.2 Å². The highest BCUT2D eigenvalue weighted by molar-refractivity contribution is 5.75. The molecule has 0 aliphatic carbocycles. The van der Waals surface area contributed by atoms with Crippen molar-refractivity contribution in [1.82, 2.24) is 15.1 Å². The van der Waals surface area contributed by atoms with Crippen LogP contribution in [0.1, 0.15) is 30.5 Å². The van der Waals surface area contributed by atoms with Gasteiger partial charge in [-0.3, -0.25) is 4.90 Å². The molecule has 0 aromatic heterocycles. The molecular formula is C19H28F3N3O3. The second kappa shape index (κ2) is 9.36. The normalized spacial score (nSPS) is 17.0. The zero-order valence-electron chi connectivity index (χ0n) is 16.7. The molecule has 2 rings (SSSR count). The van der Waals surface area contributed by atoms with Crippen molar-refractivity contribution in [3.63, 3.8) is 0 Å². The predicted molar refractivity (Wildman–Crippen MR) is 99.9 cm³/mol. The zero-order valence-corrected chi connectivity index (χ0v) is 16.7. The number of methoxy groups -OCH3 is 2. The SMILES string of the molecule is COc1cc(C)c(C(C)NC(=O)N2CCCN(CC(F)(F)F)CC2)cc1OC. The molecule has 158 valence electrons. The van der Waals surface area contributed by atoms with E-state index in [2.05, 4.69) is 5.32 Å². The number of rotatable bonds is 5. The zero-order chi connectivity index (χ0) is 20.9. The molecular weight excluding hydrogens is 375 g/mol. The topological polar surface area (TPSA) is 54.0 Å². The molecule has 28 heavy (non-hydrogen) atoms. The van der Waals surface area contributed by atoms with E-state index >= 15 is 0 Å². The Hall–Kier alpha value is -2.16. The number of benzene rings is 1. The van der Waals surface area contributed by atoms with Gasteiger partial charge in [0.2, 0.25) is 0 Å². The highest BCUT2D eigenvalue weighted by Crippen LogP contribution is 2.32. The Kier molecular flexibility index (Phi) is 7.40. The summed E-state index contributed by atoms with van der Waals surface area (Å²) in [6, 6.07) is 3.10. The average Bonchev–Trinajstić information content (AvgIpc) is 2.85. The minimum absolute atomic E-state index is 0.205. The van der Waals surface area contributed by atoms with Crippen LogP contribution in [0, 0.1) is 6.92 Å². The first kappa shape index (κ1) is 22.1. The average molecular weight is 403 g/mol. The summed E-state index contributed by atoms with van der Waals surface area (Å²) < 4.78 is 48.4. The van der Waals surface area contributed by atoms with Crippen LogP contribution < -0.4 is 14.8 Å². The van der Waals surface area contributed by atoms with E-state index in [1.54, 1.807) is 19.1 Å². The van der Waals surface area contributed by atoms with Crippen molar-refractivity contribution in [1.29, 1.82) is 0 Å². The predicted octanol–water partition coefficient (Wildman–Crippen LogP) is 3.35. The number of nitrogens with one attached hydrogen (secondary N) is 1. The molecule has 1 aliphatic heterocycles. The summed E-state index contributed by atoms with van der Waals surface area (Å²) in [5.41, 5.74) is 1.83. The van der Waals surface area contributed by atoms with Gasteiger partial charge in [-0.1, -0.05) is 0 Å². The number of carbonyl (C=O) groups is 1. The first-order valence-corrected chi connectivity index (χ1v) is 9.21. The highest BCUT2D eigenvalue weighted by atomic mass is 19.4. The maximum absolute atomic E-state index is 12.6. The summed E-state index contributed by atoms with van der Waals surface area (Å²) in [5.74, 6) is 1.18. The van der Waals surface area contributed by atoms with Crippen molar-refractivity contribution in [2.24, 2.45) is 0 Å². The van der Waals surface area contributed by atoms with E-state index in [4.69, 9.17) is 9.47 Å². The Morgan fingerprint density at radius 1 is 1.14 bits per heavy atom. The number of ether oxygens (including phenoxy) is 2. The van der Waals surface area contributed by atoms with Gasteiger partial charge in [0.1, 0.15) is 0 Å². The molecule has 6 nitrogen and oxygen atoms in total. The smallest absolute Gasteiger partial charge is 0.401 e. The lowest BCUT2D eigenvalue weighted by Crippen LogP contribution is -2.43. The fourth-order valence-electron chi connectivity index (χ4n) is 3.40. The Labute approximate surface area is 163 Å². The number of carbonyl (C=O) groups excluding carboxylic acids is 1. The van der Waals surface area contributed by atoms with E-state index in [0.717, 1.165) is 11.1 Å². The third-order valence-corrected chi connectivity index (χ3v) is 4.86. The molecule has 1 atom stereocenters. The molecule has 9 heteroatoms. The van der Waals surface area contributed by atoms with Gasteiger partial charge < -0.3 is 19.7 Å². The maximum Gasteiger partial charge on any atom is 0.401 e. The molecule has 0 spiro atoms. The van der Waals surface area contributed by atoms with Gasteiger partial charge in [0, 0.05) is 26.2 Å². The van der Waals surface area contributed by atoms with Crippen LogP contribution in [0.4, 0.5) is 18.0 Å². The Bertz CT molecular complexity index is 682. The van der Waals surface area contributed by atoms with Crippen molar-refractivity contribution in [3.8, 4) is 11.5 Å². The number of urea groups is 1. The number of hydrogen-bond donors (Lipinski definition) is 1. The van der Waals surface area contributed by atoms with E-state index in [0.29, 0.717) is 31.0 Å². The van der Waals surface area contributed by atoms with E-state index in [1.807, 2.05) is 26.0 Å². The van der Waals surface area contributed by atoms with Gasteiger partial charge in [0.25, 0.3) is 0 Å². The van der Waals surface area contributed by atoms with Gasteiger partial charge in [0.05, 0.1) is 26.8 Å². The molecule has 1 aromatic rings. The summed E-state index contributed by atoms with van der Waals surface area (Å²) in [6.45, 7) is 4.06. The second-order valence-corrected chi connectivity index (χ2v) is 6.97. The van der Waals surface area contributed by atoms with Crippen LogP contribution in [0.25, 0.3) is 0 Å². The van der Waals surface area contributed by atoms with Crippen LogP contribution in [-0.2, 0) is 0 Å². The summed E-state index contributed by atoms with van der Waals surface area (Å²) in [6.07, 6.45) is -3.72. The fraction of sp³-hybridized carbons (Fsp3) is 0.632. The van der Waals surface area contributed by atoms with Crippen molar-refractivity contribution >= 4 is 6.03 Å². The molecule has 1 N–H and O–H groups in total. The van der Waals surface area contributed by atoms with Gasteiger partial charge in [0.15, 0.2) is 11.5 Å². The van der Waals surface area contributed by atoms with Crippen LogP contribution >= 0.6 is 0 Å². The van der Waals surface area contributed by atoms with Gasteiger partial charge in [-0.2, -0.15) is 13.2 Å². The first-order chi connectivity index (χ1) is 13.1. The van der Waals surface area contributed by atoms with Crippen LogP contribution in [-0.4, -0.2) is 69.0 Å². The minimum atomic E-state index is -4.23. The van der Waals surface area contributed by atoms with Crippen LogP contribution in [0.2, 0.25) is 0 Å². The molecule has 2 amide bonds. The van der Waals surface area contributed by atoms with Gasteiger partial charge in [-0.15, -0.1) is 0 Å². The monoisotopic (exact) mass is 403 g/mol. The lowest BCUT2D eigenvalue weighted by Gasteiger charge is -2.25. The number of hydrogen-bond acceptors (Lipinski definition) is 4. The Morgan fingerprint density at radius 3 is 2.39 bits per heavy atom. The fourth-order valence-corrected chi connectivity index (χ4v) is 3.40. The number of nitrogens with zero attached hydrogens (tertiary/aromatic N) is 2. The Balaban J connectivity index is 2.01. The number of halogens is 3. The molecule has 0 saturated carbocycles. The summed E-state index contributed by atoms with van der Waals surface area (Å²) in [4.78, 5) is 15.5. The third kappa shape index (κ3) is 5.92. The number of alkyl halides is 3. The van der Waals surface area contributed by atoms with Crippen LogP contribution in [0.15, 0.2) is 12.1 Å². The first-order valence-electron chi connectivity index (χ1n) is 9.21. The second-order valence-electron chi connectivity index (χ2n) is 6.97. The van der Waals surface area contributed by atoms with Gasteiger partial charge >= 0.3 is 12.2 Å². The van der Waals surface area contributed by atoms with Crippen molar-refractivity contribution in [3.05, 3.63) is 23.3 Å². The van der Waals surface area contributed by atoms with Gasteiger partial charge in [-0.05, 0) is 43.5 Å². The molecule has 0 bridgehead atoms. The van der Waals surface area contributed by atoms with E-state index in [9.17, 15) is 18.0 Å². The molecule has 1 heterocycles. The third-order valence-electron chi connectivity index (χ3n) is 4.86. The van der Waals surface area contributed by atoms with Crippen molar-refractivity contribution < 1.29 is 27.4 Å². The van der Waals surface area contributed by atoms with Gasteiger partial charge in [-0.25, -0.2) is 4.79 Å². The lowest BCUT2D eigenvalue weighted by molar-refractivity contribution is -0.145. The number of aryl methyl sites for hydroxylation is 1. The maximum atomic E-state index is 12.6. The quantitative estimate of drug-likeness (QED) is 0.819. The molecule has 1 unspecified atom stereocenters. The highest BCUT2D eigenvalue weighted by Gasteiger charge is 2.32. The van der Waals surface area contributed by atoms with Crippen molar-refractivity contribution in [2.45, 2.75) is 32.5 Å². The van der Waals surface area contributed by atoms with E-state index in [1.165, 1.54) is 4.90 Å². The summed E-state index contributed by atoms with van der Waals surface area (Å²) in [7, 11) is 3.10. The molecule has 1 saturated heterocycles. The molecule has 1 aliphatic rings. The molecule has 1 aromatic carbocycles. The van der Waals surface area contributed by atoms with E-state index < -0.39 is 12.7 Å².